The maximum absolute atomic E-state index is 12.1. The third-order valence-corrected chi connectivity index (χ3v) is 3.81. The van der Waals surface area contributed by atoms with Gasteiger partial charge in [0.15, 0.2) is 0 Å². The van der Waals surface area contributed by atoms with E-state index in [0.717, 1.165) is 18.8 Å². The minimum absolute atomic E-state index is 0.382. The third-order valence-electron chi connectivity index (χ3n) is 3.81. The summed E-state index contributed by atoms with van der Waals surface area (Å²) in [7, 11) is 0. The summed E-state index contributed by atoms with van der Waals surface area (Å²) < 4.78 is 0. The van der Waals surface area contributed by atoms with E-state index in [4.69, 9.17) is 0 Å². The molecule has 1 unspecified atom stereocenters. The molecule has 0 aromatic carbocycles. The smallest absolute Gasteiger partial charge is 0.136 e. The molecule has 0 bridgehead atoms. The molecule has 16 heavy (non-hydrogen) atoms. The molecule has 0 aromatic rings. The average molecular weight is 224 g/mol. The number of hydrogen-bond donors (Lipinski definition) is 0. The molecule has 0 aromatic heterocycles. The van der Waals surface area contributed by atoms with E-state index < -0.39 is 0 Å². The van der Waals surface area contributed by atoms with Gasteiger partial charge in [-0.25, -0.2) is 0 Å². The molecule has 0 N–H and O–H groups in total. The van der Waals surface area contributed by atoms with Crippen molar-refractivity contribution in [3.05, 3.63) is 0 Å². The monoisotopic (exact) mass is 224 g/mol. The van der Waals surface area contributed by atoms with Gasteiger partial charge in [-0.2, -0.15) is 0 Å². The van der Waals surface area contributed by atoms with Crippen molar-refractivity contribution in [3.8, 4) is 0 Å². The average Bonchev–Trinajstić information content (AvgIpc) is 2.14. The van der Waals surface area contributed by atoms with Gasteiger partial charge in [-0.15, -0.1) is 0 Å². The molecule has 0 aliphatic heterocycles. The SMILES string of the molecule is CCCCC(CC1CCC1)C(=O)CC(C)C. The fourth-order valence-electron chi connectivity index (χ4n) is 2.56. The summed E-state index contributed by atoms with van der Waals surface area (Å²) in [6, 6.07) is 0. The van der Waals surface area contributed by atoms with Gasteiger partial charge in [0.05, 0.1) is 0 Å². The number of carbonyl (C=O) groups is 1. The molecular formula is C15H28O. The first-order chi connectivity index (χ1) is 7.63. The van der Waals surface area contributed by atoms with E-state index in [0.29, 0.717) is 17.6 Å². The highest BCUT2D eigenvalue weighted by Gasteiger charge is 2.26. The number of ketones is 1. The van der Waals surface area contributed by atoms with Crippen molar-refractivity contribution < 1.29 is 4.79 Å². The Bertz CT molecular complexity index is 203. The van der Waals surface area contributed by atoms with Crippen LogP contribution in [0.2, 0.25) is 0 Å². The van der Waals surface area contributed by atoms with Gasteiger partial charge in [0.2, 0.25) is 0 Å². The van der Waals surface area contributed by atoms with Crippen LogP contribution < -0.4 is 0 Å². The minimum Gasteiger partial charge on any atom is -0.299 e. The van der Waals surface area contributed by atoms with Crippen molar-refractivity contribution in [1.82, 2.24) is 0 Å². The van der Waals surface area contributed by atoms with Crippen LogP contribution >= 0.6 is 0 Å². The van der Waals surface area contributed by atoms with Crippen LogP contribution in [-0.4, -0.2) is 5.78 Å². The van der Waals surface area contributed by atoms with E-state index in [1.165, 1.54) is 38.5 Å². The highest BCUT2D eigenvalue weighted by atomic mass is 16.1. The minimum atomic E-state index is 0.382. The fraction of sp³-hybridized carbons (Fsp3) is 0.933. The van der Waals surface area contributed by atoms with Gasteiger partial charge in [0.25, 0.3) is 0 Å². The second-order valence-corrected chi connectivity index (χ2v) is 5.94. The topological polar surface area (TPSA) is 17.1 Å². The Balaban J connectivity index is 2.37. The Labute approximate surface area is 101 Å². The maximum Gasteiger partial charge on any atom is 0.136 e. The molecule has 1 nitrogen and oxygen atoms in total. The van der Waals surface area contributed by atoms with Crippen LogP contribution in [0, 0.1) is 17.8 Å². The molecular weight excluding hydrogens is 196 g/mol. The lowest BCUT2D eigenvalue weighted by molar-refractivity contribution is -0.124. The predicted molar refractivity (Wildman–Crippen MR) is 69.4 cm³/mol. The summed E-state index contributed by atoms with van der Waals surface area (Å²) in [5.41, 5.74) is 0. The Kier molecular flexibility index (Phi) is 6.08. The van der Waals surface area contributed by atoms with E-state index >= 15 is 0 Å². The Hall–Kier alpha value is -0.330. The van der Waals surface area contributed by atoms with Crippen LogP contribution in [0.15, 0.2) is 0 Å². The van der Waals surface area contributed by atoms with Crippen LogP contribution in [-0.2, 0) is 4.79 Å². The van der Waals surface area contributed by atoms with E-state index in [1.54, 1.807) is 0 Å². The molecule has 1 heteroatoms. The molecule has 0 radical (unpaired) electrons. The van der Waals surface area contributed by atoms with Crippen LogP contribution in [0.1, 0.15) is 72.1 Å². The van der Waals surface area contributed by atoms with Crippen molar-refractivity contribution in [3.63, 3.8) is 0 Å². The molecule has 1 aliphatic rings. The molecule has 0 spiro atoms. The molecule has 0 amide bonds. The highest BCUT2D eigenvalue weighted by molar-refractivity contribution is 5.81. The number of unbranched alkanes of at least 4 members (excludes halogenated alkanes) is 1. The number of hydrogen-bond acceptors (Lipinski definition) is 1. The zero-order chi connectivity index (χ0) is 12.0. The summed E-state index contributed by atoms with van der Waals surface area (Å²) in [6.07, 6.45) is 9.70. The zero-order valence-corrected chi connectivity index (χ0v) is 11.3. The van der Waals surface area contributed by atoms with Gasteiger partial charge in [-0.05, 0) is 24.7 Å². The summed E-state index contributed by atoms with van der Waals surface area (Å²) in [5.74, 6) is 2.32. The Morgan fingerprint density at radius 1 is 1.31 bits per heavy atom. The molecule has 1 atom stereocenters. The van der Waals surface area contributed by atoms with Crippen LogP contribution in [0.25, 0.3) is 0 Å². The van der Waals surface area contributed by atoms with Gasteiger partial charge in [-0.1, -0.05) is 52.9 Å². The standard InChI is InChI=1S/C15H28O/c1-4-5-9-14(11-13-7-6-8-13)15(16)10-12(2)3/h12-14H,4-11H2,1-3H3. The van der Waals surface area contributed by atoms with E-state index in [1.807, 2.05) is 0 Å². The van der Waals surface area contributed by atoms with Gasteiger partial charge < -0.3 is 0 Å². The quantitative estimate of drug-likeness (QED) is 0.589. The first kappa shape index (κ1) is 13.7. The second-order valence-electron chi connectivity index (χ2n) is 5.94. The number of rotatable bonds is 8. The number of Topliss-reactive ketones (excluding diaryl/α,β-unsaturated/α-hetero) is 1. The molecule has 1 saturated carbocycles. The number of carbonyl (C=O) groups excluding carboxylic acids is 1. The van der Waals surface area contributed by atoms with Gasteiger partial charge in [-0.3, -0.25) is 4.79 Å². The molecule has 94 valence electrons. The maximum atomic E-state index is 12.1. The van der Waals surface area contributed by atoms with Crippen molar-refractivity contribution in [1.29, 1.82) is 0 Å². The van der Waals surface area contributed by atoms with Crippen molar-refractivity contribution in [2.24, 2.45) is 17.8 Å². The first-order valence-corrected chi connectivity index (χ1v) is 7.16. The summed E-state index contributed by atoms with van der Waals surface area (Å²) in [5, 5.41) is 0. The zero-order valence-electron chi connectivity index (χ0n) is 11.3. The second kappa shape index (κ2) is 7.09. The van der Waals surface area contributed by atoms with E-state index in [2.05, 4.69) is 20.8 Å². The molecule has 1 fully saturated rings. The normalized spacial score (nSPS) is 18.5. The molecule has 0 heterocycles. The summed E-state index contributed by atoms with van der Waals surface area (Å²) in [4.78, 5) is 12.1. The van der Waals surface area contributed by atoms with E-state index in [-0.39, 0.29) is 0 Å². The fourth-order valence-corrected chi connectivity index (χ4v) is 2.56. The van der Waals surface area contributed by atoms with Gasteiger partial charge >= 0.3 is 0 Å². The van der Waals surface area contributed by atoms with Crippen molar-refractivity contribution in [2.75, 3.05) is 0 Å². The summed E-state index contributed by atoms with van der Waals surface area (Å²) in [6.45, 7) is 6.52. The van der Waals surface area contributed by atoms with Crippen molar-refractivity contribution >= 4 is 5.78 Å². The lowest BCUT2D eigenvalue weighted by Crippen LogP contribution is -2.23. The predicted octanol–water partition coefficient (Wildman–Crippen LogP) is 4.60. The Morgan fingerprint density at radius 3 is 2.44 bits per heavy atom. The third kappa shape index (κ3) is 4.67. The largest absolute Gasteiger partial charge is 0.299 e. The lowest BCUT2D eigenvalue weighted by Gasteiger charge is -2.29. The molecule has 0 saturated heterocycles. The van der Waals surface area contributed by atoms with Crippen LogP contribution in [0.4, 0.5) is 0 Å². The first-order valence-electron chi connectivity index (χ1n) is 7.16. The molecule has 1 rings (SSSR count). The van der Waals surface area contributed by atoms with Crippen LogP contribution in [0.3, 0.4) is 0 Å². The molecule has 1 aliphatic carbocycles. The van der Waals surface area contributed by atoms with E-state index in [9.17, 15) is 4.79 Å². The highest BCUT2D eigenvalue weighted by Crippen LogP contribution is 2.34. The van der Waals surface area contributed by atoms with Gasteiger partial charge in [0.1, 0.15) is 5.78 Å². The van der Waals surface area contributed by atoms with Crippen molar-refractivity contribution in [2.45, 2.75) is 72.1 Å². The summed E-state index contributed by atoms with van der Waals surface area (Å²) >= 11 is 0. The van der Waals surface area contributed by atoms with Crippen LogP contribution in [0.5, 0.6) is 0 Å². The van der Waals surface area contributed by atoms with Gasteiger partial charge in [0, 0.05) is 12.3 Å². The Morgan fingerprint density at radius 2 is 2.00 bits per heavy atom. The lowest BCUT2D eigenvalue weighted by atomic mass is 9.76.